The highest BCUT2D eigenvalue weighted by molar-refractivity contribution is 9.10. The van der Waals surface area contributed by atoms with Gasteiger partial charge in [0, 0.05) is 35.2 Å². The van der Waals surface area contributed by atoms with Crippen LogP contribution in [0.5, 0.6) is 0 Å². The van der Waals surface area contributed by atoms with Crippen LogP contribution in [-0.2, 0) is 16.1 Å². The Labute approximate surface area is 137 Å². The van der Waals surface area contributed by atoms with Gasteiger partial charge in [-0.1, -0.05) is 22.9 Å². The summed E-state index contributed by atoms with van der Waals surface area (Å²) in [4.78, 5) is 24.6. The van der Waals surface area contributed by atoms with E-state index in [2.05, 4.69) is 20.8 Å². The Bertz CT molecular complexity index is 575. The van der Waals surface area contributed by atoms with Crippen LogP contribution >= 0.6 is 15.9 Å². The molecular formula is C15H19BrN2O4. The van der Waals surface area contributed by atoms with Crippen molar-refractivity contribution in [1.29, 1.82) is 0 Å². The van der Waals surface area contributed by atoms with E-state index in [9.17, 15) is 14.9 Å². The molecule has 1 fully saturated rings. The second-order valence-corrected chi connectivity index (χ2v) is 6.53. The molecule has 1 atom stereocenters. The van der Waals surface area contributed by atoms with Crippen LogP contribution in [0.3, 0.4) is 0 Å². The van der Waals surface area contributed by atoms with Gasteiger partial charge in [-0.3, -0.25) is 19.8 Å². The molecule has 0 unspecified atom stereocenters. The zero-order valence-corrected chi connectivity index (χ0v) is 14.2. The van der Waals surface area contributed by atoms with E-state index in [0.717, 1.165) is 17.3 Å². The molecule has 2 rings (SSSR count). The third-order valence-electron chi connectivity index (χ3n) is 3.79. The number of rotatable bonds is 7. The van der Waals surface area contributed by atoms with E-state index in [1.54, 1.807) is 12.1 Å². The van der Waals surface area contributed by atoms with Gasteiger partial charge in [-0.2, -0.15) is 0 Å². The van der Waals surface area contributed by atoms with Gasteiger partial charge in [0.25, 0.3) is 5.69 Å². The smallest absolute Gasteiger partial charge is 0.309 e. The third kappa shape index (κ3) is 4.27. The van der Waals surface area contributed by atoms with Crippen molar-refractivity contribution in [1.82, 2.24) is 4.90 Å². The first-order valence-corrected chi connectivity index (χ1v) is 7.96. The van der Waals surface area contributed by atoms with Crippen molar-refractivity contribution >= 4 is 27.6 Å². The largest absolute Gasteiger partial charge is 0.469 e. The predicted molar refractivity (Wildman–Crippen MR) is 85.4 cm³/mol. The van der Waals surface area contributed by atoms with Crippen molar-refractivity contribution in [3.63, 3.8) is 0 Å². The number of methoxy groups -OCH3 is 1. The number of nitro groups is 1. The zero-order chi connectivity index (χ0) is 16.3. The molecule has 1 aliphatic rings. The van der Waals surface area contributed by atoms with E-state index in [4.69, 9.17) is 4.74 Å². The van der Waals surface area contributed by atoms with Crippen LogP contribution < -0.4 is 0 Å². The maximum atomic E-state index is 11.6. The number of esters is 1. The molecule has 6 nitrogen and oxygen atoms in total. The standard InChI is InChI=1S/C15H19BrN2O4/c1-10(15(19)22-2)8-17(13-4-5-13)9-11-7-12(16)3-6-14(11)18(20)21/h3,6-7,10,13H,4-5,8-9H2,1-2H3/t10-/m1/s1. The quantitative estimate of drug-likeness (QED) is 0.418. The Kier molecular flexibility index (Phi) is 5.52. The van der Waals surface area contributed by atoms with Gasteiger partial charge in [-0.05, 0) is 25.0 Å². The Hall–Kier alpha value is -1.47. The molecule has 0 bridgehead atoms. The monoisotopic (exact) mass is 370 g/mol. The van der Waals surface area contributed by atoms with Crippen molar-refractivity contribution in [3.05, 3.63) is 38.3 Å². The lowest BCUT2D eigenvalue weighted by Crippen LogP contribution is -2.33. The number of nitro benzene ring substituents is 1. The number of hydrogen-bond donors (Lipinski definition) is 0. The molecule has 0 amide bonds. The Morgan fingerprint density at radius 2 is 2.23 bits per heavy atom. The fourth-order valence-electron chi connectivity index (χ4n) is 2.49. The first-order chi connectivity index (χ1) is 10.4. The van der Waals surface area contributed by atoms with E-state index in [1.165, 1.54) is 13.2 Å². The van der Waals surface area contributed by atoms with Crippen LogP contribution in [0.4, 0.5) is 5.69 Å². The van der Waals surface area contributed by atoms with E-state index in [-0.39, 0.29) is 22.5 Å². The molecular weight excluding hydrogens is 352 g/mol. The maximum absolute atomic E-state index is 11.6. The Balaban J connectivity index is 2.16. The number of carbonyl (C=O) groups excluding carboxylic acids is 1. The van der Waals surface area contributed by atoms with Crippen LogP contribution in [-0.4, -0.2) is 35.5 Å². The second-order valence-electron chi connectivity index (χ2n) is 5.61. The van der Waals surface area contributed by atoms with Gasteiger partial charge < -0.3 is 4.74 Å². The minimum atomic E-state index is -0.364. The lowest BCUT2D eigenvalue weighted by Gasteiger charge is -2.24. The van der Waals surface area contributed by atoms with Gasteiger partial charge in [0.15, 0.2) is 0 Å². The van der Waals surface area contributed by atoms with Gasteiger partial charge in [0.2, 0.25) is 0 Å². The summed E-state index contributed by atoms with van der Waals surface area (Å²) < 4.78 is 5.57. The Morgan fingerprint density at radius 3 is 2.77 bits per heavy atom. The van der Waals surface area contributed by atoms with Gasteiger partial charge in [-0.25, -0.2) is 0 Å². The lowest BCUT2D eigenvalue weighted by molar-refractivity contribution is -0.385. The van der Waals surface area contributed by atoms with Crippen LogP contribution in [0, 0.1) is 16.0 Å². The zero-order valence-electron chi connectivity index (χ0n) is 12.6. The first-order valence-electron chi connectivity index (χ1n) is 7.17. The molecule has 120 valence electrons. The highest BCUT2D eigenvalue weighted by atomic mass is 79.9. The number of hydrogen-bond acceptors (Lipinski definition) is 5. The average Bonchev–Trinajstić information content (AvgIpc) is 3.29. The van der Waals surface area contributed by atoms with Crippen molar-refractivity contribution in [3.8, 4) is 0 Å². The van der Waals surface area contributed by atoms with Crippen molar-refractivity contribution < 1.29 is 14.5 Å². The fourth-order valence-corrected chi connectivity index (χ4v) is 2.90. The van der Waals surface area contributed by atoms with E-state index in [1.807, 2.05) is 6.92 Å². The summed E-state index contributed by atoms with van der Waals surface area (Å²) in [6.07, 6.45) is 2.13. The summed E-state index contributed by atoms with van der Waals surface area (Å²) in [5, 5.41) is 11.2. The topological polar surface area (TPSA) is 72.7 Å². The number of nitrogens with zero attached hydrogens (tertiary/aromatic N) is 2. The van der Waals surface area contributed by atoms with E-state index < -0.39 is 0 Å². The van der Waals surface area contributed by atoms with Crippen LogP contribution in [0.2, 0.25) is 0 Å². The van der Waals surface area contributed by atoms with E-state index in [0.29, 0.717) is 24.7 Å². The molecule has 1 saturated carbocycles. The van der Waals surface area contributed by atoms with Crippen LogP contribution in [0.15, 0.2) is 22.7 Å². The molecule has 0 heterocycles. The summed E-state index contributed by atoms with van der Waals surface area (Å²) in [6, 6.07) is 5.34. The van der Waals surface area contributed by atoms with E-state index >= 15 is 0 Å². The van der Waals surface area contributed by atoms with Crippen molar-refractivity contribution in [2.24, 2.45) is 5.92 Å². The fraction of sp³-hybridized carbons (Fsp3) is 0.533. The molecule has 1 aromatic carbocycles. The lowest BCUT2D eigenvalue weighted by atomic mass is 10.1. The summed E-state index contributed by atoms with van der Waals surface area (Å²) in [5.41, 5.74) is 0.767. The molecule has 0 aliphatic heterocycles. The van der Waals surface area contributed by atoms with Gasteiger partial charge in [0.1, 0.15) is 0 Å². The van der Waals surface area contributed by atoms with Crippen molar-refractivity contribution in [2.75, 3.05) is 13.7 Å². The molecule has 7 heteroatoms. The molecule has 0 saturated heterocycles. The minimum Gasteiger partial charge on any atom is -0.469 e. The normalized spacial score (nSPS) is 15.6. The second kappa shape index (κ2) is 7.19. The average molecular weight is 371 g/mol. The summed E-state index contributed by atoms with van der Waals surface area (Å²) in [7, 11) is 1.37. The number of carbonyl (C=O) groups is 1. The van der Waals surface area contributed by atoms with Gasteiger partial charge in [0.05, 0.1) is 18.0 Å². The highest BCUT2D eigenvalue weighted by Crippen LogP contribution is 2.32. The van der Waals surface area contributed by atoms with Gasteiger partial charge >= 0.3 is 5.97 Å². The summed E-state index contributed by atoms with van der Waals surface area (Å²) in [6.45, 7) is 2.82. The molecule has 22 heavy (non-hydrogen) atoms. The SMILES string of the molecule is COC(=O)[C@H](C)CN(Cc1cc(Br)ccc1[N+](=O)[O-])C1CC1. The number of halogens is 1. The van der Waals surface area contributed by atoms with Crippen LogP contribution in [0.25, 0.3) is 0 Å². The molecule has 0 radical (unpaired) electrons. The summed E-state index contributed by atoms with van der Waals surface area (Å²) >= 11 is 3.36. The molecule has 0 aromatic heterocycles. The summed E-state index contributed by atoms with van der Waals surface area (Å²) in [5.74, 6) is -0.508. The van der Waals surface area contributed by atoms with Crippen molar-refractivity contribution in [2.45, 2.75) is 32.4 Å². The number of ether oxygens (including phenoxy) is 1. The first kappa shape index (κ1) is 16.9. The maximum Gasteiger partial charge on any atom is 0.309 e. The molecule has 1 aliphatic carbocycles. The molecule has 0 spiro atoms. The molecule has 0 N–H and O–H groups in total. The molecule has 1 aromatic rings. The number of benzene rings is 1. The predicted octanol–water partition coefficient (Wildman–Crippen LogP) is 3.13. The minimum absolute atomic E-state index is 0.111. The third-order valence-corrected chi connectivity index (χ3v) is 4.28. The Morgan fingerprint density at radius 1 is 1.55 bits per heavy atom. The highest BCUT2D eigenvalue weighted by Gasteiger charge is 2.32. The van der Waals surface area contributed by atoms with Gasteiger partial charge in [-0.15, -0.1) is 0 Å². The van der Waals surface area contributed by atoms with Crippen LogP contribution in [0.1, 0.15) is 25.3 Å².